The lowest BCUT2D eigenvalue weighted by molar-refractivity contribution is -0.186. The van der Waals surface area contributed by atoms with E-state index in [1.165, 1.54) is 62.0 Å². The number of ether oxygens (including phenoxy) is 14. The van der Waals surface area contributed by atoms with Crippen molar-refractivity contribution in [2.45, 2.75) is 150 Å². The van der Waals surface area contributed by atoms with Gasteiger partial charge in [-0.2, -0.15) is 5.26 Å². The van der Waals surface area contributed by atoms with Crippen LogP contribution in [-0.2, 0) is 75.0 Å². The summed E-state index contributed by atoms with van der Waals surface area (Å²) in [5, 5.41) is 52.1. The second kappa shape index (κ2) is 40.5. The quantitative estimate of drug-likeness (QED) is 0.0341. The van der Waals surface area contributed by atoms with Crippen LogP contribution < -0.4 is 67.5 Å². The van der Waals surface area contributed by atoms with Crippen LogP contribution >= 0.6 is 23.5 Å². The SMILES string of the molecule is C.C.COc1cc2c(cc1O)CCN[C@]21CS[C@@H]2c3c(OC(=O)/C=C/c4ccccc4)c(C)c4c(c3[C@H](COC1=O)N1C2[C@H]2c3c(cc(C)c(OC)c3OC(=O)/C=C/c3ccccc3)C[C@@H]([C@@H]1C#N)N2C)OCO4.COc1cc2c(cc1O)CCN[C@]21CS[C@@H]2c3c(OC(=O)/C=C/c4ccccc4)c(C)c4c(c3[C@H](COC1=O)N1C2[C@H]2c3c(cc(C)c(OC)c3OC(=O)/C=C/c3ccccc3)C[C@@H]([C@@H]1O)N2C)OCO4. The van der Waals surface area contributed by atoms with Crippen molar-refractivity contribution in [1.82, 2.24) is 30.2 Å². The van der Waals surface area contributed by atoms with E-state index in [9.17, 15) is 39.8 Å². The maximum Gasteiger partial charge on any atom is 0.336 e. The third-order valence-corrected chi connectivity index (χ3v) is 32.8. The molecule has 145 heavy (non-hydrogen) atoms. The van der Waals surface area contributed by atoms with Crippen molar-refractivity contribution in [2.75, 3.05) is 93.9 Å². The molecule has 14 aliphatic heterocycles. The van der Waals surface area contributed by atoms with Crippen LogP contribution in [0.3, 0.4) is 0 Å². The van der Waals surface area contributed by atoms with Crippen LogP contribution in [0.1, 0.15) is 161 Å². The van der Waals surface area contributed by atoms with Gasteiger partial charge in [-0.05, 0) is 183 Å². The van der Waals surface area contributed by atoms with Crippen molar-refractivity contribution in [3.63, 3.8) is 0 Å². The van der Waals surface area contributed by atoms with Crippen LogP contribution in [0, 0.1) is 39.0 Å². The van der Waals surface area contributed by atoms with Gasteiger partial charge in [0.1, 0.15) is 37.0 Å². The van der Waals surface area contributed by atoms with Gasteiger partial charge in [-0.1, -0.05) is 148 Å². The summed E-state index contributed by atoms with van der Waals surface area (Å²) in [6.45, 7) is 7.53. The molecule has 0 aliphatic carbocycles. The van der Waals surface area contributed by atoms with E-state index in [0.29, 0.717) is 129 Å². The number of hydrogen-bond acceptors (Lipinski definition) is 32. The zero-order valence-corrected chi connectivity index (χ0v) is 81.7. The molecule has 4 fully saturated rings. The molecule has 10 aromatic rings. The molecule has 2 spiro atoms. The topological polar surface area (TPSA) is 353 Å². The van der Waals surface area contributed by atoms with Crippen LogP contribution in [0.15, 0.2) is 182 Å². The Hall–Kier alpha value is -14.1. The van der Waals surface area contributed by atoms with Crippen molar-refractivity contribution in [3.8, 4) is 86.6 Å². The molecule has 14 atom stereocenters. The van der Waals surface area contributed by atoms with E-state index in [0.717, 1.165) is 55.6 Å². The number of carbonyl (C=O) groups is 6. The number of likely N-dealkylation sites (N-methyl/N-ethyl adjacent to an activating group) is 2. The second-order valence-electron chi connectivity index (χ2n) is 37.5. The highest BCUT2D eigenvalue weighted by atomic mass is 32.2. The standard InChI is InChI=1S/C56H52N4O11S.C55H53N3O12S.2CH4/c1-30-22-35-23-37-38(26-57)60-39-27-67-55(64)56(36-25-41(65-4)40(61)24-34(36)20-21-58-56)28-72-54(46-45(39)52-51(68-29-69-52)31(2)50(46)70-42(62)18-16-32-12-8-6-9-13-32)48(60)47(59(37)3)44(35)53(49(30)66-5)71-43(63)19-17-33-14-10-7-11-15-33;1-29-22-34-23-36-53(62)58-37-26-66-54(63)55(35-25-39(64-4)38(59)24-33(35)20-21-56-55)27-71-52(44-43(37)50-49(67-28-68-50)30(2)48(44)69-40(60)18-16-31-12-8-6-9-13-31)46(58)45(57(36)3)42(34)51(47(29)65-5)70-41(61)19-17-32-14-10-7-11-15-32;;/h6-19,22,24-25,37-39,47-48,54,58,61H,20-21,23,27-29H2,1-5H3;6-19,22,24-25,36-37,45-46,52-53,56,59,62H,20-21,23,26-28H2,1-5H3;2*1H4/b2*18-16+,19-17+;;/t37-,38-,39-,47+,48?,54+,56+;36-,37-,45+,46?,52+,53-,55+;;/m00../s1. The first kappa shape index (κ1) is 99.6. The number of esters is 6. The first-order chi connectivity index (χ1) is 69.4. The number of hydrogen-bond donors (Lipinski definition) is 5. The number of methoxy groups -OCH3 is 4. The monoisotopic (exact) mass is 2000 g/mol. The highest BCUT2D eigenvalue weighted by molar-refractivity contribution is 7.99. The number of benzene rings is 10. The summed E-state index contributed by atoms with van der Waals surface area (Å²) >= 11 is 2.90. The molecule has 0 amide bonds. The minimum Gasteiger partial charge on any atom is -0.504 e. The molecule has 14 heterocycles. The van der Waals surface area contributed by atoms with Crippen molar-refractivity contribution in [3.05, 3.63) is 293 Å². The molecule has 4 saturated heterocycles. The fourth-order valence-corrected chi connectivity index (χ4v) is 26.9. The van der Waals surface area contributed by atoms with E-state index in [4.69, 9.17) is 66.3 Å². The van der Waals surface area contributed by atoms with E-state index < -0.39 is 112 Å². The summed E-state index contributed by atoms with van der Waals surface area (Å²) in [5.74, 6) is 0.302. The number of aliphatic hydroxyl groups is 1. The first-order valence-corrected chi connectivity index (χ1v) is 49.5. The number of aryl methyl sites for hydroxylation is 2. The summed E-state index contributed by atoms with van der Waals surface area (Å²) in [7, 11) is 9.97. The molecular weight excluding hydrogens is 1890 g/mol. The molecule has 750 valence electrons. The number of phenols is 2. The Bertz CT molecular complexity index is 7000. The molecule has 5 N–H and O–H groups in total. The molecule has 0 radical (unpaired) electrons. The Morgan fingerprint density at radius 1 is 0.448 bits per heavy atom. The third-order valence-electron chi connectivity index (χ3n) is 29.8. The number of nitrogens with zero attached hydrogens (tertiary/aromatic N) is 5. The largest absolute Gasteiger partial charge is 0.504 e. The Labute approximate surface area is 848 Å². The molecule has 8 bridgehead atoms. The molecule has 10 aromatic carbocycles. The van der Waals surface area contributed by atoms with E-state index in [2.05, 4.69) is 37.5 Å². The van der Waals surface area contributed by atoms with Crippen LogP contribution in [0.25, 0.3) is 24.3 Å². The average molecular weight is 2000 g/mol. The van der Waals surface area contributed by atoms with Crippen LogP contribution in [0.4, 0.5) is 0 Å². The molecule has 0 saturated carbocycles. The maximum atomic E-state index is 15.2. The van der Waals surface area contributed by atoms with Crippen molar-refractivity contribution in [1.29, 1.82) is 5.26 Å². The number of nitrogens with one attached hydrogen (secondary N) is 2. The number of nitriles is 1. The Kier molecular flexibility index (Phi) is 27.8. The van der Waals surface area contributed by atoms with Gasteiger partial charge in [0.15, 0.2) is 80.1 Å². The average Bonchev–Trinajstić information content (AvgIpc) is 1.33. The zero-order chi connectivity index (χ0) is 99.3. The van der Waals surface area contributed by atoms with Crippen molar-refractivity contribution in [2.24, 2.45) is 0 Å². The van der Waals surface area contributed by atoms with Gasteiger partial charge in [0, 0.05) is 112 Å². The summed E-state index contributed by atoms with van der Waals surface area (Å²) in [6.07, 6.45) is 13.0. The predicted octanol–water partition coefficient (Wildman–Crippen LogP) is 15.9. The fourth-order valence-electron chi connectivity index (χ4n) is 23.5. The number of piperazine rings is 2. The number of aromatic hydroxyl groups is 2. The van der Waals surface area contributed by atoms with Gasteiger partial charge in [0.25, 0.3) is 0 Å². The highest BCUT2D eigenvalue weighted by Crippen LogP contribution is 2.68. The zero-order valence-electron chi connectivity index (χ0n) is 80.1. The lowest BCUT2D eigenvalue weighted by Crippen LogP contribution is -2.70. The predicted molar refractivity (Wildman–Crippen MR) is 545 cm³/mol. The number of aliphatic hydroxyl groups excluding tert-OH is 1. The number of fused-ring (bicyclic) bond motifs is 18. The number of phenolic OH excluding ortho intramolecular Hbond substituents is 2. The van der Waals surface area contributed by atoms with Gasteiger partial charge in [0.2, 0.25) is 13.6 Å². The fraction of sp³-hybridized carbons (Fsp3) is 0.336. The van der Waals surface area contributed by atoms with E-state index in [1.54, 1.807) is 62.8 Å². The van der Waals surface area contributed by atoms with Gasteiger partial charge in [-0.15, -0.1) is 23.5 Å². The van der Waals surface area contributed by atoms with Gasteiger partial charge >= 0.3 is 35.8 Å². The maximum absolute atomic E-state index is 15.2. The van der Waals surface area contributed by atoms with Crippen LogP contribution in [0.2, 0.25) is 0 Å². The Morgan fingerprint density at radius 2 is 0.807 bits per heavy atom. The van der Waals surface area contributed by atoms with Gasteiger partial charge in [0.05, 0.1) is 75.2 Å². The lowest BCUT2D eigenvalue weighted by Gasteiger charge is -2.62. The summed E-state index contributed by atoms with van der Waals surface area (Å²) in [6, 6.07) is 45.3. The van der Waals surface area contributed by atoms with Crippen LogP contribution in [0.5, 0.6) is 80.5 Å². The lowest BCUT2D eigenvalue weighted by atomic mass is 9.71. The molecule has 14 aliphatic rings. The molecule has 2 unspecified atom stereocenters. The highest BCUT2D eigenvalue weighted by Gasteiger charge is 2.65. The van der Waals surface area contributed by atoms with Crippen molar-refractivity contribution < 1.29 is 110 Å². The Balaban J connectivity index is 0.000000181. The number of carbonyl (C=O) groups excluding carboxylic acids is 6. The summed E-state index contributed by atoms with van der Waals surface area (Å²) < 4.78 is 87.7. The Morgan fingerprint density at radius 3 is 1.19 bits per heavy atom. The molecular formula is C113H113N7O23S2. The van der Waals surface area contributed by atoms with Crippen LogP contribution in [-0.4, -0.2) is 201 Å². The van der Waals surface area contributed by atoms with Crippen molar-refractivity contribution >= 4 is 83.6 Å². The minimum absolute atomic E-state index is 0. The van der Waals surface area contributed by atoms with Gasteiger partial charge in [-0.25, -0.2) is 28.8 Å². The molecule has 0 aromatic heterocycles. The second-order valence-corrected chi connectivity index (χ2v) is 39.7. The third kappa shape index (κ3) is 17.2. The van der Waals surface area contributed by atoms with E-state index >= 15 is 9.59 Å². The van der Waals surface area contributed by atoms with Gasteiger partial charge in [-0.3, -0.25) is 30.2 Å². The van der Waals surface area contributed by atoms with E-state index in [-0.39, 0.29) is 105 Å². The minimum atomic E-state index is -1.45. The summed E-state index contributed by atoms with van der Waals surface area (Å²) in [5.41, 5.74) is 11.2. The van der Waals surface area contributed by atoms with E-state index in [1.807, 2.05) is 174 Å². The first-order valence-electron chi connectivity index (χ1n) is 47.4. The smallest absolute Gasteiger partial charge is 0.336 e. The molecule has 30 nitrogen and oxygen atoms in total. The number of rotatable bonds is 16. The van der Waals surface area contributed by atoms with Gasteiger partial charge < -0.3 is 81.6 Å². The molecule has 24 rings (SSSR count). The summed E-state index contributed by atoms with van der Waals surface area (Å²) in [4.78, 5) is 95.3. The number of thioether (sulfide) groups is 2. The molecule has 32 heteroatoms. The normalized spacial score (nSPS) is 24.7.